The van der Waals surface area contributed by atoms with Crippen molar-refractivity contribution in [3.05, 3.63) is 72.9 Å². The van der Waals surface area contributed by atoms with E-state index in [-0.39, 0.29) is 12.5 Å². The SMILES string of the molecule is CC/C=C\C/C=C\C/C=C\C/C=C\CCCCCCCCCCC(=O)NC(CO)C(O)/C=C/CC/C=C/CCCCCCCCCCCCCC. The molecule has 4 nitrogen and oxygen atoms in total. The Balaban J connectivity index is 3.66. The predicted molar refractivity (Wildman–Crippen MR) is 225 cm³/mol. The first-order valence-electron chi connectivity index (χ1n) is 21.7. The van der Waals surface area contributed by atoms with Crippen LogP contribution in [0.3, 0.4) is 0 Å². The van der Waals surface area contributed by atoms with Gasteiger partial charge in [0.2, 0.25) is 5.91 Å². The third kappa shape index (κ3) is 38.9. The highest BCUT2D eigenvalue weighted by atomic mass is 16.3. The number of aliphatic hydroxyl groups is 2. The van der Waals surface area contributed by atoms with Gasteiger partial charge in [-0.15, -0.1) is 0 Å². The van der Waals surface area contributed by atoms with Gasteiger partial charge in [0.05, 0.1) is 18.8 Å². The van der Waals surface area contributed by atoms with Gasteiger partial charge in [-0.25, -0.2) is 0 Å². The van der Waals surface area contributed by atoms with Crippen molar-refractivity contribution < 1.29 is 15.0 Å². The van der Waals surface area contributed by atoms with Crippen LogP contribution in [-0.4, -0.2) is 34.9 Å². The molecule has 0 spiro atoms. The molecule has 0 aliphatic rings. The van der Waals surface area contributed by atoms with Gasteiger partial charge in [0.25, 0.3) is 0 Å². The van der Waals surface area contributed by atoms with Gasteiger partial charge < -0.3 is 15.5 Å². The van der Waals surface area contributed by atoms with Crippen LogP contribution in [0, 0.1) is 0 Å². The summed E-state index contributed by atoms with van der Waals surface area (Å²) < 4.78 is 0. The largest absolute Gasteiger partial charge is 0.394 e. The van der Waals surface area contributed by atoms with Gasteiger partial charge in [-0.3, -0.25) is 4.79 Å². The fourth-order valence-corrected chi connectivity index (χ4v) is 6.13. The van der Waals surface area contributed by atoms with Crippen LogP contribution >= 0.6 is 0 Å². The fraction of sp³-hybridized carbons (Fsp3) is 0.723. The van der Waals surface area contributed by atoms with E-state index >= 15 is 0 Å². The molecule has 2 atom stereocenters. The molecule has 3 N–H and O–H groups in total. The maximum Gasteiger partial charge on any atom is 0.220 e. The Bertz CT molecular complexity index is 899. The number of unbranched alkanes of at least 4 members (excludes halogenated alkanes) is 21. The standard InChI is InChI=1S/C47H83NO3/c1-3-5-7-9-11-13-15-17-19-21-23-24-25-27-29-31-33-35-37-39-41-43-47(51)48-45(44-49)46(50)42-40-38-36-34-32-30-28-26-22-20-18-16-14-12-10-8-6-4-2/h5,7,11,13,17,19,23-24,32,34,40,42,45-46,49-50H,3-4,6,8-10,12,14-16,18,20-22,25-31,33,35-39,41,43-44H2,1-2H3,(H,48,51)/b7-5-,13-11-,19-17-,24-23-,34-32+,42-40+. The molecule has 0 heterocycles. The lowest BCUT2D eigenvalue weighted by Crippen LogP contribution is -2.45. The van der Waals surface area contributed by atoms with Crippen LogP contribution in [-0.2, 0) is 4.79 Å². The van der Waals surface area contributed by atoms with Crippen LogP contribution in [0.25, 0.3) is 0 Å². The van der Waals surface area contributed by atoms with Crippen molar-refractivity contribution in [3.63, 3.8) is 0 Å². The first-order valence-corrected chi connectivity index (χ1v) is 21.7. The molecule has 0 aliphatic heterocycles. The highest BCUT2D eigenvalue weighted by Crippen LogP contribution is 2.14. The molecule has 51 heavy (non-hydrogen) atoms. The molecule has 1 amide bonds. The summed E-state index contributed by atoms with van der Waals surface area (Å²) in [5, 5.41) is 23.0. The second-order valence-electron chi connectivity index (χ2n) is 14.4. The fourth-order valence-electron chi connectivity index (χ4n) is 6.13. The second kappa shape index (κ2) is 42.2. The van der Waals surface area contributed by atoms with E-state index in [9.17, 15) is 15.0 Å². The summed E-state index contributed by atoms with van der Waals surface area (Å²) in [6.45, 7) is 4.18. The average molecular weight is 710 g/mol. The molecular weight excluding hydrogens is 627 g/mol. The summed E-state index contributed by atoms with van der Waals surface area (Å²) in [4.78, 5) is 12.4. The first kappa shape index (κ1) is 48.8. The van der Waals surface area contributed by atoms with Crippen LogP contribution < -0.4 is 5.32 Å². The molecular formula is C47H83NO3. The van der Waals surface area contributed by atoms with Crippen molar-refractivity contribution in [1.29, 1.82) is 0 Å². The van der Waals surface area contributed by atoms with E-state index in [4.69, 9.17) is 0 Å². The Morgan fingerprint density at radius 3 is 1.37 bits per heavy atom. The molecule has 0 rings (SSSR count). The summed E-state index contributed by atoms with van der Waals surface area (Å²) in [5.41, 5.74) is 0. The number of nitrogens with one attached hydrogen (secondary N) is 1. The van der Waals surface area contributed by atoms with Crippen LogP contribution in [0.4, 0.5) is 0 Å². The van der Waals surface area contributed by atoms with Crippen LogP contribution in [0.1, 0.15) is 200 Å². The van der Waals surface area contributed by atoms with Gasteiger partial charge in [-0.2, -0.15) is 0 Å². The Morgan fingerprint density at radius 2 is 0.882 bits per heavy atom. The van der Waals surface area contributed by atoms with Gasteiger partial charge in [-0.05, 0) is 70.6 Å². The second-order valence-corrected chi connectivity index (χ2v) is 14.4. The van der Waals surface area contributed by atoms with E-state index < -0.39 is 12.1 Å². The van der Waals surface area contributed by atoms with Crippen molar-refractivity contribution in [2.24, 2.45) is 0 Å². The van der Waals surface area contributed by atoms with E-state index in [0.717, 1.165) is 64.2 Å². The molecule has 0 aromatic heterocycles. The molecule has 294 valence electrons. The summed E-state index contributed by atoms with van der Waals surface area (Å²) in [5.74, 6) is -0.0851. The maximum atomic E-state index is 12.4. The zero-order chi connectivity index (χ0) is 37.1. The Kier molecular flexibility index (Phi) is 40.4. The number of amides is 1. The number of hydrogen-bond acceptors (Lipinski definition) is 3. The monoisotopic (exact) mass is 710 g/mol. The third-order valence-electron chi connectivity index (χ3n) is 9.42. The molecule has 0 aliphatic carbocycles. The minimum Gasteiger partial charge on any atom is -0.394 e. The van der Waals surface area contributed by atoms with Gasteiger partial charge in [-0.1, -0.05) is 196 Å². The van der Waals surface area contributed by atoms with Gasteiger partial charge in [0.1, 0.15) is 0 Å². The van der Waals surface area contributed by atoms with Gasteiger partial charge >= 0.3 is 0 Å². The van der Waals surface area contributed by atoms with Crippen molar-refractivity contribution in [2.45, 2.75) is 212 Å². The highest BCUT2D eigenvalue weighted by Gasteiger charge is 2.17. The summed E-state index contributed by atoms with van der Waals surface area (Å²) >= 11 is 0. The van der Waals surface area contributed by atoms with E-state index in [1.807, 2.05) is 6.08 Å². The minimum atomic E-state index is -0.869. The minimum absolute atomic E-state index is 0.0851. The lowest BCUT2D eigenvalue weighted by molar-refractivity contribution is -0.123. The van der Waals surface area contributed by atoms with E-state index in [2.05, 4.69) is 79.9 Å². The average Bonchev–Trinajstić information content (AvgIpc) is 3.13. The lowest BCUT2D eigenvalue weighted by Gasteiger charge is -2.19. The van der Waals surface area contributed by atoms with Crippen molar-refractivity contribution in [3.8, 4) is 0 Å². The quantitative estimate of drug-likeness (QED) is 0.0441. The van der Waals surface area contributed by atoms with E-state index in [1.54, 1.807) is 6.08 Å². The molecule has 2 unspecified atom stereocenters. The number of rotatable bonds is 38. The predicted octanol–water partition coefficient (Wildman–Crippen LogP) is 13.5. The van der Waals surface area contributed by atoms with Crippen molar-refractivity contribution in [2.75, 3.05) is 6.61 Å². The van der Waals surface area contributed by atoms with Crippen LogP contribution in [0.2, 0.25) is 0 Å². The van der Waals surface area contributed by atoms with E-state index in [1.165, 1.54) is 116 Å². The first-order chi connectivity index (χ1) is 25.2. The smallest absolute Gasteiger partial charge is 0.220 e. The number of allylic oxidation sites excluding steroid dienone is 11. The molecule has 4 heteroatoms. The zero-order valence-electron chi connectivity index (χ0n) is 33.6. The normalized spacial score (nSPS) is 13.7. The van der Waals surface area contributed by atoms with Crippen molar-refractivity contribution in [1.82, 2.24) is 5.32 Å². The van der Waals surface area contributed by atoms with Gasteiger partial charge in [0, 0.05) is 6.42 Å². The number of aliphatic hydroxyl groups excluding tert-OH is 2. The third-order valence-corrected chi connectivity index (χ3v) is 9.42. The lowest BCUT2D eigenvalue weighted by atomic mass is 10.0. The summed E-state index contributed by atoms with van der Waals surface area (Å²) in [7, 11) is 0. The molecule has 0 radical (unpaired) electrons. The number of carbonyl (C=O) groups excluding carboxylic acids is 1. The van der Waals surface area contributed by atoms with Gasteiger partial charge in [0.15, 0.2) is 0 Å². The molecule has 0 saturated heterocycles. The molecule has 0 aromatic rings. The van der Waals surface area contributed by atoms with Crippen molar-refractivity contribution >= 4 is 5.91 Å². The number of carbonyl (C=O) groups is 1. The Morgan fingerprint density at radius 1 is 0.490 bits per heavy atom. The topological polar surface area (TPSA) is 69.6 Å². The highest BCUT2D eigenvalue weighted by molar-refractivity contribution is 5.76. The van der Waals surface area contributed by atoms with Crippen LogP contribution in [0.15, 0.2) is 72.9 Å². The molecule has 0 fully saturated rings. The maximum absolute atomic E-state index is 12.4. The molecule has 0 saturated carbocycles. The molecule has 0 aromatic carbocycles. The Labute approximate surface area is 317 Å². The van der Waals surface area contributed by atoms with E-state index in [0.29, 0.717) is 6.42 Å². The summed E-state index contributed by atoms with van der Waals surface area (Å²) in [6, 6.07) is -0.647. The molecule has 0 bridgehead atoms. The summed E-state index contributed by atoms with van der Waals surface area (Å²) in [6.07, 6.45) is 60.0. The Hall–Kier alpha value is -2.17. The number of hydrogen-bond donors (Lipinski definition) is 3. The van der Waals surface area contributed by atoms with Crippen LogP contribution in [0.5, 0.6) is 0 Å². The zero-order valence-corrected chi connectivity index (χ0v) is 33.6.